The Bertz CT molecular complexity index is 1950. The summed E-state index contributed by atoms with van der Waals surface area (Å²) in [6.45, 7) is -0.595. The topological polar surface area (TPSA) is 141 Å². The molecular formula is C26H22Cl2N6O5S. The summed E-state index contributed by atoms with van der Waals surface area (Å²) in [6.07, 6.45) is 1.15. The molecule has 0 saturated carbocycles. The van der Waals surface area contributed by atoms with Crippen LogP contribution in [-0.2, 0) is 23.6 Å². The number of aromatic nitrogens is 5. The maximum atomic E-state index is 13.5. The van der Waals surface area contributed by atoms with Gasteiger partial charge in [0.25, 0.3) is 5.56 Å². The first-order chi connectivity index (χ1) is 19.1. The molecule has 2 N–H and O–H groups in total. The van der Waals surface area contributed by atoms with Gasteiger partial charge in [0.15, 0.2) is 11.2 Å². The summed E-state index contributed by atoms with van der Waals surface area (Å²) >= 11 is 12.6. The third-order valence-corrected chi connectivity index (χ3v) is 8.20. The molecule has 0 saturated heterocycles. The Morgan fingerprint density at radius 2 is 1.73 bits per heavy atom. The number of nitrogens with one attached hydrogen (secondary N) is 1. The summed E-state index contributed by atoms with van der Waals surface area (Å²) in [4.78, 5) is 35.7. The van der Waals surface area contributed by atoms with Gasteiger partial charge in [-0.1, -0.05) is 35.3 Å². The van der Waals surface area contributed by atoms with E-state index in [2.05, 4.69) is 9.71 Å². The van der Waals surface area contributed by atoms with Crippen molar-refractivity contribution in [3.63, 3.8) is 0 Å². The fourth-order valence-electron chi connectivity index (χ4n) is 4.20. The van der Waals surface area contributed by atoms with Gasteiger partial charge in [-0.2, -0.15) is 0 Å². The van der Waals surface area contributed by atoms with Gasteiger partial charge in [0.1, 0.15) is 10.7 Å². The SMILES string of the molecule is Cn1c(=O)c2c(nc(-c3ccccc3Cl)n2-c2ccc(Cl)cc2)n(Cc2ccc(S(=O)(=O)NCCO)cn2)c1=O. The Hall–Kier alpha value is -3.81. The molecule has 0 atom stereocenters. The lowest BCUT2D eigenvalue weighted by atomic mass is 10.2. The Morgan fingerprint density at radius 3 is 2.38 bits per heavy atom. The van der Waals surface area contributed by atoms with Gasteiger partial charge in [0.2, 0.25) is 10.0 Å². The minimum atomic E-state index is -3.86. The summed E-state index contributed by atoms with van der Waals surface area (Å²) < 4.78 is 30.8. The monoisotopic (exact) mass is 600 g/mol. The lowest BCUT2D eigenvalue weighted by molar-refractivity contribution is 0.301. The summed E-state index contributed by atoms with van der Waals surface area (Å²) in [5.41, 5.74) is 0.497. The number of sulfonamides is 1. The standard InChI is InChI=1S/C26H22Cl2N6O5S/c1-32-25(36)22-24(33(26(32)37)15-17-8-11-19(14-29-17)40(38,39)30-12-13-35)31-23(20-4-2-3-5-21(20)28)34(22)18-9-6-16(27)7-10-18/h2-11,14,30,35H,12-13,15H2,1H3. The molecule has 0 aliphatic heterocycles. The number of hydrogen-bond donors (Lipinski definition) is 2. The number of halogens is 2. The normalized spacial score (nSPS) is 11.8. The number of aliphatic hydroxyl groups excluding tert-OH is 1. The van der Waals surface area contributed by atoms with Crippen molar-refractivity contribution >= 4 is 44.4 Å². The molecule has 0 spiro atoms. The van der Waals surface area contributed by atoms with Gasteiger partial charge in [-0.3, -0.25) is 23.5 Å². The van der Waals surface area contributed by atoms with Gasteiger partial charge >= 0.3 is 5.69 Å². The third kappa shape index (κ3) is 5.07. The van der Waals surface area contributed by atoms with Crippen molar-refractivity contribution in [1.29, 1.82) is 0 Å². The second kappa shape index (κ2) is 11.0. The first-order valence-corrected chi connectivity index (χ1v) is 14.1. The van der Waals surface area contributed by atoms with E-state index in [1.165, 1.54) is 23.7 Å². The first kappa shape index (κ1) is 27.7. The molecule has 5 rings (SSSR count). The van der Waals surface area contributed by atoms with Gasteiger partial charge in [-0.25, -0.2) is 22.9 Å². The highest BCUT2D eigenvalue weighted by molar-refractivity contribution is 7.89. The highest BCUT2D eigenvalue weighted by atomic mass is 35.5. The molecule has 2 aromatic carbocycles. The van der Waals surface area contributed by atoms with E-state index in [-0.39, 0.29) is 35.8 Å². The van der Waals surface area contributed by atoms with Crippen molar-refractivity contribution < 1.29 is 13.5 Å². The van der Waals surface area contributed by atoms with E-state index in [0.29, 0.717) is 32.8 Å². The lowest BCUT2D eigenvalue weighted by Gasteiger charge is -2.12. The Kier molecular flexibility index (Phi) is 7.62. The van der Waals surface area contributed by atoms with Gasteiger partial charge in [-0.05, 0) is 48.5 Å². The number of benzene rings is 2. The zero-order valence-electron chi connectivity index (χ0n) is 21.0. The molecule has 40 heavy (non-hydrogen) atoms. The smallest absolute Gasteiger partial charge is 0.332 e. The zero-order chi connectivity index (χ0) is 28.6. The highest BCUT2D eigenvalue weighted by Gasteiger charge is 2.24. The molecule has 5 aromatic rings. The number of nitrogens with zero attached hydrogens (tertiary/aromatic N) is 5. The molecule has 3 heterocycles. The summed E-state index contributed by atoms with van der Waals surface area (Å²) in [6, 6.07) is 16.6. The average molecular weight is 601 g/mol. The third-order valence-electron chi connectivity index (χ3n) is 6.17. The Labute approximate surface area is 237 Å². The minimum absolute atomic E-state index is 0.0982. The molecule has 0 aliphatic rings. The molecule has 0 unspecified atom stereocenters. The van der Waals surface area contributed by atoms with Crippen LogP contribution in [0.1, 0.15) is 5.69 Å². The maximum absolute atomic E-state index is 13.5. The molecule has 11 nitrogen and oxygen atoms in total. The quantitative estimate of drug-likeness (QED) is 0.279. The molecular weight excluding hydrogens is 579 g/mol. The van der Waals surface area contributed by atoms with Crippen LogP contribution in [0.15, 0.2) is 81.3 Å². The van der Waals surface area contributed by atoms with E-state index in [1.54, 1.807) is 53.1 Å². The van der Waals surface area contributed by atoms with E-state index in [1.807, 2.05) is 0 Å². The molecule has 3 aromatic heterocycles. The average Bonchev–Trinajstić information content (AvgIpc) is 3.34. The Balaban J connectivity index is 1.72. The summed E-state index contributed by atoms with van der Waals surface area (Å²) in [5, 5.41) is 9.81. The number of hydrogen-bond acceptors (Lipinski definition) is 7. The minimum Gasteiger partial charge on any atom is -0.395 e. The van der Waals surface area contributed by atoms with E-state index in [0.717, 1.165) is 10.8 Å². The summed E-state index contributed by atoms with van der Waals surface area (Å²) in [5.74, 6) is 0.337. The van der Waals surface area contributed by atoms with Gasteiger partial charge in [0, 0.05) is 36.1 Å². The maximum Gasteiger partial charge on any atom is 0.332 e. The van der Waals surface area contributed by atoms with Crippen LogP contribution in [0, 0.1) is 0 Å². The number of imidazole rings is 1. The van der Waals surface area contributed by atoms with Crippen molar-refractivity contribution in [2.75, 3.05) is 13.2 Å². The van der Waals surface area contributed by atoms with Gasteiger partial charge in [-0.15, -0.1) is 0 Å². The predicted molar refractivity (Wildman–Crippen MR) is 152 cm³/mol. The fraction of sp³-hybridized carbons (Fsp3) is 0.154. The van der Waals surface area contributed by atoms with Crippen molar-refractivity contribution in [3.8, 4) is 17.1 Å². The lowest BCUT2D eigenvalue weighted by Crippen LogP contribution is -2.39. The molecule has 0 amide bonds. The molecule has 0 bridgehead atoms. The van der Waals surface area contributed by atoms with Crippen molar-refractivity contribution in [2.24, 2.45) is 7.05 Å². The second-order valence-electron chi connectivity index (χ2n) is 8.74. The molecule has 0 radical (unpaired) electrons. The van der Waals surface area contributed by atoms with Crippen LogP contribution in [0.2, 0.25) is 10.0 Å². The number of rotatable bonds is 8. The van der Waals surface area contributed by atoms with Crippen molar-refractivity contribution in [3.05, 3.63) is 103 Å². The fourth-order valence-corrected chi connectivity index (χ4v) is 5.51. The number of aliphatic hydroxyl groups is 1. The number of pyridine rings is 1. The van der Waals surface area contributed by atoms with E-state index in [9.17, 15) is 18.0 Å². The van der Waals surface area contributed by atoms with Crippen LogP contribution in [0.3, 0.4) is 0 Å². The van der Waals surface area contributed by atoms with Crippen molar-refractivity contribution in [2.45, 2.75) is 11.4 Å². The Morgan fingerprint density at radius 1 is 1.00 bits per heavy atom. The molecule has 0 fully saturated rings. The van der Waals surface area contributed by atoms with Crippen LogP contribution < -0.4 is 16.0 Å². The zero-order valence-corrected chi connectivity index (χ0v) is 23.3. The molecule has 0 aliphatic carbocycles. The predicted octanol–water partition coefficient (Wildman–Crippen LogP) is 2.57. The number of fused-ring (bicyclic) bond motifs is 1. The largest absolute Gasteiger partial charge is 0.395 e. The van der Waals surface area contributed by atoms with Crippen LogP contribution in [0.5, 0.6) is 0 Å². The van der Waals surface area contributed by atoms with E-state index < -0.39 is 21.3 Å². The van der Waals surface area contributed by atoms with Crippen molar-refractivity contribution in [1.82, 2.24) is 28.4 Å². The second-order valence-corrected chi connectivity index (χ2v) is 11.3. The van der Waals surface area contributed by atoms with Crippen LogP contribution in [0.25, 0.3) is 28.2 Å². The van der Waals surface area contributed by atoms with Crippen LogP contribution >= 0.6 is 23.2 Å². The molecule has 206 valence electrons. The van der Waals surface area contributed by atoms with Gasteiger partial charge < -0.3 is 5.11 Å². The first-order valence-electron chi connectivity index (χ1n) is 11.9. The van der Waals surface area contributed by atoms with Crippen LogP contribution in [-0.4, -0.2) is 50.3 Å². The van der Waals surface area contributed by atoms with Crippen LogP contribution in [0.4, 0.5) is 0 Å². The summed E-state index contributed by atoms with van der Waals surface area (Å²) in [7, 11) is -2.50. The highest BCUT2D eigenvalue weighted by Crippen LogP contribution is 2.32. The molecule has 14 heteroatoms. The van der Waals surface area contributed by atoms with E-state index in [4.69, 9.17) is 33.3 Å². The van der Waals surface area contributed by atoms with Gasteiger partial charge in [0.05, 0.1) is 23.9 Å². The van der Waals surface area contributed by atoms with E-state index >= 15 is 0 Å².